The fraction of sp³-hybridized carbons (Fsp3) is 0.222. The molecule has 0 saturated heterocycles. The van der Waals surface area contributed by atoms with E-state index >= 15 is 0 Å². The number of benzene rings is 1. The van der Waals surface area contributed by atoms with Gasteiger partial charge in [-0.1, -0.05) is 23.2 Å². The Morgan fingerprint density at radius 3 is 2.85 bits per heavy atom. The van der Waals surface area contributed by atoms with Crippen LogP contribution in [0.15, 0.2) is 12.1 Å². The van der Waals surface area contributed by atoms with Crippen molar-refractivity contribution < 1.29 is 9.53 Å². The van der Waals surface area contributed by atoms with E-state index in [-0.39, 0.29) is 5.97 Å². The molecule has 68 valence electrons. The molecule has 0 aromatic heterocycles. The summed E-state index contributed by atoms with van der Waals surface area (Å²) in [5.41, 5.74) is 1.33. The Morgan fingerprint density at radius 1 is 1.31 bits per heavy atom. The van der Waals surface area contributed by atoms with Crippen molar-refractivity contribution in [1.29, 1.82) is 0 Å². The van der Waals surface area contributed by atoms with E-state index in [1.54, 1.807) is 12.1 Å². The van der Waals surface area contributed by atoms with Crippen molar-refractivity contribution in [3.8, 4) is 0 Å². The summed E-state index contributed by atoms with van der Waals surface area (Å²) in [6.45, 7) is 0.396. The van der Waals surface area contributed by atoms with E-state index in [1.807, 2.05) is 0 Å². The molecule has 0 radical (unpaired) electrons. The maximum Gasteiger partial charge on any atom is 0.338 e. The second kappa shape index (κ2) is 3.20. The number of esters is 1. The lowest BCUT2D eigenvalue weighted by atomic mass is 10.0. The Hall–Kier alpha value is -0.730. The smallest absolute Gasteiger partial charge is 0.338 e. The fourth-order valence-corrected chi connectivity index (χ4v) is 1.95. The Kier molecular flexibility index (Phi) is 2.18. The molecule has 0 aliphatic carbocycles. The first kappa shape index (κ1) is 8.85. The van der Waals surface area contributed by atoms with E-state index in [1.165, 1.54) is 0 Å². The molecule has 1 aromatic rings. The number of ether oxygens (including phenoxy) is 1. The van der Waals surface area contributed by atoms with Crippen LogP contribution >= 0.6 is 23.2 Å². The van der Waals surface area contributed by atoms with Crippen LogP contribution in [0.25, 0.3) is 0 Å². The minimum atomic E-state index is -0.342. The molecule has 0 saturated carbocycles. The molecular formula is C9H6Cl2O2. The average Bonchev–Trinajstić information content (AvgIpc) is 2.07. The van der Waals surface area contributed by atoms with Gasteiger partial charge in [0.2, 0.25) is 0 Å². The second-order valence-electron chi connectivity index (χ2n) is 2.80. The van der Waals surface area contributed by atoms with Gasteiger partial charge in [0.25, 0.3) is 0 Å². The highest BCUT2D eigenvalue weighted by molar-refractivity contribution is 6.35. The van der Waals surface area contributed by atoms with Crippen molar-refractivity contribution in [2.75, 3.05) is 6.61 Å². The number of fused-ring (bicyclic) bond motifs is 1. The minimum Gasteiger partial charge on any atom is -0.462 e. The predicted octanol–water partition coefficient (Wildman–Crippen LogP) is 2.71. The number of rotatable bonds is 0. The van der Waals surface area contributed by atoms with Crippen molar-refractivity contribution in [3.05, 3.63) is 33.3 Å². The van der Waals surface area contributed by atoms with Crippen LogP contribution in [0.3, 0.4) is 0 Å². The molecule has 0 atom stereocenters. The van der Waals surface area contributed by atoms with Crippen LogP contribution in [0.2, 0.25) is 10.0 Å². The third kappa shape index (κ3) is 1.52. The van der Waals surface area contributed by atoms with Gasteiger partial charge in [-0.15, -0.1) is 0 Å². The van der Waals surface area contributed by atoms with Crippen molar-refractivity contribution in [2.45, 2.75) is 6.42 Å². The van der Waals surface area contributed by atoms with E-state index in [2.05, 4.69) is 0 Å². The summed E-state index contributed by atoms with van der Waals surface area (Å²) in [4.78, 5) is 11.3. The quantitative estimate of drug-likeness (QED) is 0.624. The van der Waals surface area contributed by atoms with E-state index < -0.39 is 0 Å². The molecular weight excluding hydrogens is 211 g/mol. The summed E-state index contributed by atoms with van der Waals surface area (Å²) in [7, 11) is 0. The summed E-state index contributed by atoms with van der Waals surface area (Å²) in [6.07, 6.45) is 0.664. The van der Waals surface area contributed by atoms with E-state index in [4.69, 9.17) is 27.9 Å². The molecule has 2 nitrogen and oxygen atoms in total. The van der Waals surface area contributed by atoms with Gasteiger partial charge in [-0.05, 0) is 17.7 Å². The summed E-state index contributed by atoms with van der Waals surface area (Å²) in [5, 5.41) is 1.00. The summed E-state index contributed by atoms with van der Waals surface area (Å²) >= 11 is 11.7. The maximum absolute atomic E-state index is 11.3. The van der Waals surface area contributed by atoms with Crippen molar-refractivity contribution in [2.24, 2.45) is 0 Å². The molecule has 0 spiro atoms. The zero-order valence-corrected chi connectivity index (χ0v) is 8.15. The molecule has 0 amide bonds. The van der Waals surface area contributed by atoms with E-state index in [9.17, 15) is 4.79 Å². The molecule has 4 heteroatoms. The second-order valence-corrected chi connectivity index (χ2v) is 3.64. The zero-order valence-electron chi connectivity index (χ0n) is 6.64. The molecule has 0 bridgehead atoms. The molecule has 1 aliphatic rings. The predicted molar refractivity (Wildman–Crippen MR) is 50.4 cm³/mol. The van der Waals surface area contributed by atoms with Gasteiger partial charge < -0.3 is 4.74 Å². The minimum absolute atomic E-state index is 0.342. The number of carbonyl (C=O) groups excluding carboxylic acids is 1. The molecule has 0 unspecified atom stereocenters. The van der Waals surface area contributed by atoms with Gasteiger partial charge in [-0.25, -0.2) is 4.79 Å². The molecule has 2 rings (SSSR count). The van der Waals surface area contributed by atoms with Gasteiger partial charge in [0.1, 0.15) is 0 Å². The molecule has 0 N–H and O–H groups in total. The topological polar surface area (TPSA) is 26.3 Å². The fourth-order valence-electron chi connectivity index (χ4n) is 1.36. The van der Waals surface area contributed by atoms with Gasteiger partial charge >= 0.3 is 5.97 Å². The summed E-state index contributed by atoms with van der Waals surface area (Å²) < 4.78 is 4.86. The Bertz CT molecular complexity index is 374. The first-order chi connectivity index (χ1) is 6.18. The van der Waals surface area contributed by atoms with Crippen molar-refractivity contribution >= 4 is 29.2 Å². The zero-order chi connectivity index (χ0) is 9.42. The molecule has 1 aliphatic heterocycles. The van der Waals surface area contributed by atoms with Crippen molar-refractivity contribution in [3.63, 3.8) is 0 Å². The van der Waals surface area contributed by atoms with E-state index in [0.29, 0.717) is 28.6 Å². The molecule has 0 fully saturated rings. The number of carbonyl (C=O) groups is 1. The van der Waals surface area contributed by atoms with Gasteiger partial charge in [0.05, 0.1) is 12.2 Å². The first-order valence-electron chi connectivity index (χ1n) is 3.83. The summed E-state index contributed by atoms with van der Waals surface area (Å²) in [6, 6.07) is 3.23. The van der Waals surface area contributed by atoms with Crippen LogP contribution in [0, 0.1) is 0 Å². The monoisotopic (exact) mass is 216 g/mol. The van der Waals surface area contributed by atoms with Crippen molar-refractivity contribution in [1.82, 2.24) is 0 Å². The van der Waals surface area contributed by atoms with Crippen LogP contribution in [0.5, 0.6) is 0 Å². The molecule has 13 heavy (non-hydrogen) atoms. The third-order valence-electron chi connectivity index (χ3n) is 1.97. The van der Waals surface area contributed by atoms with E-state index in [0.717, 1.165) is 5.56 Å². The Morgan fingerprint density at radius 2 is 2.08 bits per heavy atom. The van der Waals surface area contributed by atoms with Gasteiger partial charge in [0, 0.05) is 16.5 Å². The van der Waals surface area contributed by atoms with Crippen LogP contribution in [-0.2, 0) is 11.2 Å². The largest absolute Gasteiger partial charge is 0.462 e. The highest BCUT2D eigenvalue weighted by Gasteiger charge is 2.21. The van der Waals surface area contributed by atoms with Gasteiger partial charge in [-0.3, -0.25) is 0 Å². The third-order valence-corrected chi connectivity index (χ3v) is 2.52. The SMILES string of the molecule is O=C1OCCc2c(Cl)cc(Cl)cc21. The number of hydrogen-bond acceptors (Lipinski definition) is 2. The molecule has 1 heterocycles. The number of hydrogen-bond donors (Lipinski definition) is 0. The normalized spacial score (nSPS) is 15.1. The maximum atomic E-state index is 11.3. The van der Waals surface area contributed by atoms with Crippen LogP contribution in [0.4, 0.5) is 0 Å². The average molecular weight is 217 g/mol. The number of halogens is 2. The highest BCUT2D eigenvalue weighted by atomic mass is 35.5. The van der Waals surface area contributed by atoms with Crippen LogP contribution in [-0.4, -0.2) is 12.6 Å². The lowest BCUT2D eigenvalue weighted by Gasteiger charge is -2.16. The summed E-state index contributed by atoms with van der Waals surface area (Å²) in [5.74, 6) is -0.342. The number of cyclic esters (lactones) is 1. The lowest BCUT2D eigenvalue weighted by molar-refractivity contribution is 0.0480. The molecule has 1 aromatic carbocycles. The van der Waals surface area contributed by atoms with Crippen LogP contribution in [0.1, 0.15) is 15.9 Å². The van der Waals surface area contributed by atoms with Gasteiger partial charge in [-0.2, -0.15) is 0 Å². The van der Waals surface area contributed by atoms with Gasteiger partial charge in [0.15, 0.2) is 0 Å². The lowest BCUT2D eigenvalue weighted by Crippen LogP contribution is -2.17. The Balaban J connectivity index is 2.63. The van der Waals surface area contributed by atoms with Crippen LogP contribution < -0.4 is 0 Å². The highest BCUT2D eigenvalue weighted by Crippen LogP contribution is 2.28. The first-order valence-corrected chi connectivity index (χ1v) is 4.59. The standard InChI is InChI=1S/C9H6Cl2O2/c10-5-3-7-6(8(11)4-5)1-2-13-9(7)12/h3-4H,1-2H2. The Labute approximate surface area is 85.4 Å².